The van der Waals surface area contributed by atoms with Gasteiger partial charge in [0, 0.05) is 56.9 Å². The zero-order valence-electron chi connectivity index (χ0n) is 24.2. The third-order valence-corrected chi connectivity index (χ3v) is 9.70. The lowest BCUT2D eigenvalue weighted by molar-refractivity contribution is 0.0932. The molecule has 216 valence electrons. The van der Waals surface area contributed by atoms with Crippen LogP contribution in [0.3, 0.4) is 0 Å². The number of likely N-dealkylation sites (tertiary alicyclic amines) is 1. The van der Waals surface area contributed by atoms with Crippen molar-refractivity contribution < 1.29 is 9.53 Å². The summed E-state index contributed by atoms with van der Waals surface area (Å²) in [4.78, 5) is 24.8. The van der Waals surface area contributed by atoms with Crippen molar-refractivity contribution in [3.63, 3.8) is 0 Å². The Morgan fingerprint density at radius 1 is 1.18 bits per heavy atom. The van der Waals surface area contributed by atoms with Gasteiger partial charge in [-0.3, -0.25) is 4.79 Å². The molecule has 2 unspecified atom stereocenters. The molecule has 40 heavy (non-hydrogen) atoms. The molecular weight excluding hydrogens is 540 g/mol. The van der Waals surface area contributed by atoms with Crippen LogP contribution in [0, 0.1) is 13.8 Å². The standard InChI is InChI=1S/C32H43ClN4O2S/c1-22-19-30(33)34-24(3)31(22)29(38)13-7-9-23(2)35-16-14-26(15-17-35)37-28(25-10-5-4-6-11-25)21-36(32(37)40)20-27-12-8-18-39-27/h4-6,10-11,19,23,26-28H,7-9,12-18,20-21H2,1-3H3/t23?,27?,28-/m0/s1. The summed E-state index contributed by atoms with van der Waals surface area (Å²) in [5.41, 5.74) is 3.73. The lowest BCUT2D eigenvalue weighted by Crippen LogP contribution is -2.49. The Hall–Kier alpha value is -2.06. The molecule has 4 heterocycles. The molecule has 0 N–H and O–H groups in total. The minimum atomic E-state index is 0.173. The van der Waals surface area contributed by atoms with E-state index in [2.05, 4.69) is 56.9 Å². The van der Waals surface area contributed by atoms with Crippen molar-refractivity contribution in [2.45, 2.75) is 89.9 Å². The van der Waals surface area contributed by atoms with Crippen LogP contribution in [0.1, 0.15) is 85.1 Å². The Labute approximate surface area is 250 Å². The number of aryl methyl sites for hydroxylation is 2. The molecule has 8 heteroatoms. The molecule has 3 saturated heterocycles. The topological polar surface area (TPSA) is 48.9 Å². The van der Waals surface area contributed by atoms with Crippen LogP contribution in [0.25, 0.3) is 0 Å². The zero-order valence-corrected chi connectivity index (χ0v) is 25.7. The molecule has 0 spiro atoms. The molecule has 2 aromatic rings. The molecule has 1 aromatic heterocycles. The van der Waals surface area contributed by atoms with Gasteiger partial charge >= 0.3 is 0 Å². The maximum absolute atomic E-state index is 12.9. The number of rotatable bonds is 10. The largest absolute Gasteiger partial charge is 0.376 e. The average molecular weight is 583 g/mol. The monoisotopic (exact) mass is 582 g/mol. The molecule has 3 aliphatic heterocycles. The van der Waals surface area contributed by atoms with E-state index in [4.69, 9.17) is 28.6 Å². The van der Waals surface area contributed by atoms with Crippen LogP contribution in [-0.2, 0) is 4.74 Å². The summed E-state index contributed by atoms with van der Waals surface area (Å²) in [6.45, 7) is 11.0. The normalized spacial score (nSPS) is 23.2. The van der Waals surface area contributed by atoms with Crippen LogP contribution in [0.2, 0.25) is 5.15 Å². The molecule has 3 atom stereocenters. The zero-order chi connectivity index (χ0) is 28.2. The first-order valence-corrected chi connectivity index (χ1v) is 15.7. The van der Waals surface area contributed by atoms with Crippen molar-refractivity contribution in [2.75, 3.05) is 32.8 Å². The predicted octanol–water partition coefficient (Wildman–Crippen LogP) is 6.38. The van der Waals surface area contributed by atoms with E-state index >= 15 is 0 Å². The van der Waals surface area contributed by atoms with E-state index in [0.717, 1.165) is 93.2 Å². The second kappa shape index (κ2) is 13.3. The molecule has 5 rings (SSSR count). The van der Waals surface area contributed by atoms with Crippen molar-refractivity contribution in [1.82, 2.24) is 19.7 Å². The van der Waals surface area contributed by atoms with Crippen LogP contribution in [0.15, 0.2) is 36.4 Å². The van der Waals surface area contributed by atoms with Crippen LogP contribution < -0.4 is 0 Å². The number of ketones is 1. The summed E-state index contributed by atoms with van der Waals surface area (Å²) in [6, 6.07) is 13.8. The number of halogens is 1. The van der Waals surface area contributed by atoms with Gasteiger partial charge in [-0.15, -0.1) is 0 Å². The van der Waals surface area contributed by atoms with Crippen molar-refractivity contribution in [1.29, 1.82) is 0 Å². The first-order valence-electron chi connectivity index (χ1n) is 15.0. The third kappa shape index (κ3) is 6.70. The number of carbonyl (C=O) groups is 1. The molecule has 0 aliphatic carbocycles. The molecule has 0 bridgehead atoms. The van der Waals surface area contributed by atoms with Crippen LogP contribution >= 0.6 is 23.8 Å². The Kier molecular flexibility index (Phi) is 9.77. The van der Waals surface area contributed by atoms with Crippen LogP contribution in [-0.4, -0.2) is 81.6 Å². The van der Waals surface area contributed by atoms with Crippen molar-refractivity contribution >= 4 is 34.7 Å². The molecular formula is C32H43ClN4O2S. The van der Waals surface area contributed by atoms with E-state index in [1.165, 1.54) is 5.56 Å². The number of aromatic nitrogens is 1. The summed E-state index contributed by atoms with van der Waals surface area (Å²) < 4.78 is 5.96. The average Bonchev–Trinajstić information content (AvgIpc) is 3.56. The van der Waals surface area contributed by atoms with Gasteiger partial charge in [0.1, 0.15) is 5.15 Å². The summed E-state index contributed by atoms with van der Waals surface area (Å²) in [5.74, 6) is 0.173. The number of thiocarbonyl (C=S) groups is 1. The number of hydrogen-bond acceptors (Lipinski definition) is 5. The van der Waals surface area contributed by atoms with E-state index in [1.807, 2.05) is 13.8 Å². The fourth-order valence-electron chi connectivity index (χ4n) is 6.89. The highest BCUT2D eigenvalue weighted by Crippen LogP contribution is 2.36. The number of nitrogens with zero attached hydrogens (tertiary/aromatic N) is 4. The lowest BCUT2D eigenvalue weighted by atomic mass is 9.96. The van der Waals surface area contributed by atoms with Crippen molar-refractivity contribution in [3.05, 3.63) is 63.9 Å². The van der Waals surface area contributed by atoms with Crippen LogP contribution in [0.5, 0.6) is 0 Å². The highest BCUT2D eigenvalue weighted by atomic mass is 35.5. The molecule has 3 aliphatic rings. The first kappa shape index (κ1) is 29.4. The van der Waals surface area contributed by atoms with E-state index < -0.39 is 0 Å². The first-order chi connectivity index (χ1) is 19.3. The van der Waals surface area contributed by atoms with Gasteiger partial charge in [0.25, 0.3) is 0 Å². The number of carbonyl (C=O) groups excluding carboxylic acids is 1. The molecule has 1 aromatic carbocycles. The van der Waals surface area contributed by atoms with Gasteiger partial charge in [0.15, 0.2) is 10.9 Å². The quantitative estimate of drug-likeness (QED) is 0.183. The highest BCUT2D eigenvalue weighted by Gasteiger charge is 2.41. The maximum atomic E-state index is 12.9. The molecule has 3 fully saturated rings. The molecule has 0 radical (unpaired) electrons. The fraction of sp³-hybridized carbons (Fsp3) is 0.594. The van der Waals surface area contributed by atoms with Gasteiger partial charge in [0.2, 0.25) is 0 Å². The van der Waals surface area contributed by atoms with E-state index in [-0.39, 0.29) is 5.78 Å². The van der Waals surface area contributed by atoms with Crippen molar-refractivity contribution in [2.24, 2.45) is 0 Å². The van der Waals surface area contributed by atoms with Crippen molar-refractivity contribution in [3.8, 4) is 0 Å². The van der Waals surface area contributed by atoms with Gasteiger partial charge in [-0.2, -0.15) is 0 Å². The molecule has 0 amide bonds. The number of piperidine rings is 1. The van der Waals surface area contributed by atoms with E-state index in [9.17, 15) is 4.79 Å². The smallest absolute Gasteiger partial charge is 0.172 e. The summed E-state index contributed by atoms with van der Waals surface area (Å²) in [5, 5.41) is 1.44. The van der Waals surface area contributed by atoms with Crippen LogP contribution in [0.4, 0.5) is 0 Å². The molecule has 0 saturated carbocycles. The second-order valence-electron chi connectivity index (χ2n) is 11.8. The Morgan fingerprint density at radius 2 is 1.93 bits per heavy atom. The van der Waals surface area contributed by atoms with E-state index in [0.29, 0.717) is 35.8 Å². The number of ether oxygens (including phenoxy) is 1. The lowest BCUT2D eigenvalue weighted by Gasteiger charge is -2.42. The van der Waals surface area contributed by atoms with Gasteiger partial charge in [-0.25, -0.2) is 4.98 Å². The minimum Gasteiger partial charge on any atom is -0.376 e. The van der Waals surface area contributed by atoms with Gasteiger partial charge in [-0.05, 0) is 88.7 Å². The number of benzene rings is 1. The van der Waals surface area contributed by atoms with E-state index in [1.54, 1.807) is 6.07 Å². The Morgan fingerprint density at radius 3 is 2.60 bits per heavy atom. The second-order valence-corrected chi connectivity index (χ2v) is 12.6. The minimum absolute atomic E-state index is 0.173. The van der Waals surface area contributed by atoms with Gasteiger partial charge in [0.05, 0.1) is 17.8 Å². The summed E-state index contributed by atoms with van der Waals surface area (Å²) in [7, 11) is 0. The molecule has 6 nitrogen and oxygen atoms in total. The Balaban J connectivity index is 1.15. The SMILES string of the molecule is Cc1cc(Cl)nc(C)c1C(=O)CCCC(C)N1CCC(N2C(=S)N(CC3CCCO3)C[C@H]2c2ccccc2)CC1. The van der Waals surface area contributed by atoms with Gasteiger partial charge < -0.3 is 19.4 Å². The number of Topliss-reactive ketones (excluding diaryl/α,β-unsaturated/α-hetero) is 1. The number of pyridine rings is 1. The Bertz CT molecular complexity index is 1160. The highest BCUT2D eigenvalue weighted by molar-refractivity contribution is 7.80. The maximum Gasteiger partial charge on any atom is 0.172 e. The fourth-order valence-corrected chi connectivity index (χ4v) is 7.60. The predicted molar refractivity (Wildman–Crippen MR) is 165 cm³/mol. The summed E-state index contributed by atoms with van der Waals surface area (Å²) in [6.07, 6.45) is 7.24. The number of hydrogen-bond donors (Lipinski definition) is 0. The summed E-state index contributed by atoms with van der Waals surface area (Å²) >= 11 is 12.2. The van der Waals surface area contributed by atoms with Gasteiger partial charge in [-0.1, -0.05) is 41.9 Å². The third-order valence-electron chi connectivity index (χ3n) is 9.04.